The third-order valence-corrected chi connectivity index (χ3v) is 7.02. The summed E-state index contributed by atoms with van der Waals surface area (Å²) in [5.74, 6) is 0.487. The summed E-state index contributed by atoms with van der Waals surface area (Å²) in [4.78, 5) is 13.4. The molecule has 4 aromatic carbocycles. The van der Waals surface area contributed by atoms with Crippen LogP contribution in [0.4, 0.5) is 5.69 Å². The number of rotatable bonds is 9. The summed E-state index contributed by atoms with van der Waals surface area (Å²) in [6, 6.07) is 25.5. The molecule has 8 heteroatoms. The van der Waals surface area contributed by atoms with Gasteiger partial charge < -0.3 is 14.8 Å². The maximum Gasteiger partial charge on any atom is 0.242 e. The normalized spacial score (nSPS) is 12.2. The highest BCUT2D eigenvalue weighted by Gasteiger charge is 2.27. The maximum atomic E-state index is 13.3. The van der Waals surface area contributed by atoms with E-state index in [-0.39, 0.29) is 11.3 Å². The predicted molar refractivity (Wildman–Crippen MR) is 136 cm³/mol. The average Bonchev–Trinajstić information content (AvgIpc) is 2.88. The molecule has 0 aromatic heterocycles. The molecule has 35 heavy (non-hydrogen) atoms. The molecule has 0 bridgehead atoms. The Hall–Kier alpha value is -3.88. The fourth-order valence-corrected chi connectivity index (χ4v) is 4.97. The number of anilines is 1. The van der Waals surface area contributed by atoms with E-state index >= 15 is 0 Å². The van der Waals surface area contributed by atoms with Crippen molar-refractivity contribution in [3.63, 3.8) is 0 Å². The number of hydrogen-bond donors (Lipinski definition) is 2. The van der Waals surface area contributed by atoms with Crippen molar-refractivity contribution in [3.05, 3.63) is 96.6 Å². The van der Waals surface area contributed by atoms with Gasteiger partial charge in [-0.05, 0) is 34.9 Å². The second-order valence-electron chi connectivity index (χ2n) is 7.96. The molecule has 0 spiro atoms. The summed E-state index contributed by atoms with van der Waals surface area (Å²) in [6.07, 6.45) is 0.167. The summed E-state index contributed by atoms with van der Waals surface area (Å²) in [7, 11) is -0.974. The molecule has 0 heterocycles. The van der Waals surface area contributed by atoms with Crippen molar-refractivity contribution >= 4 is 32.4 Å². The lowest BCUT2D eigenvalue weighted by molar-refractivity contribution is -0.117. The number of methoxy groups -OCH3 is 2. The summed E-state index contributed by atoms with van der Waals surface area (Å²) in [6.45, 7) is 0. The topological polar surface area (TPSA) is 93.7 Å². The van der Waals surface area contributed by atoms with E-state index in [0.29, 0.717) is 17.2 Å². The lowest BCUT2D eigenvalue weighted by atomic mass is 10.1. The first-order valence-electron chi connectivity index (χ1n) is 11.0. The van der Waals surface area contributed by atoms with Gasteiger partial charge in [-0.2, -0.15) is 4.72 Å². The third kappa shape index (κ3) is 5.98. The first-order chi connectivity index (χ1) is 16.9. The highest BCUT2D eigenvalue weighted by Crippen LogP contribution is 2.26. The van der Waals surface area contributed by atoms with Crippen LogP contribution >= 0.6 is 0 Å². The fraction of sp³-hybridized carbons (Fsp3) is 0.148. The van der Waals surface area contributed by atoms with E-state index in [1.54, 1.807) is 30.3 Å². The minimum absolute atomic E-state index is 0.0881. The van der Waals surface area contributed by atoms with Crippen LogP contribution in [0.15, 0.2) is 95.9 Å². The molecule has 4 rings (SSSR count). The van der Waals surface area contributed by atoms with Crippen LogP contribution in [0.1, 0.15) is 5.56 Å². The number of hydrogen-bond acceptors (Lipinski definition) is 5. The van der Waals surface area contributed by atoms with E-state index in [4.69, 9.17) is 9.47 Å². The molecule has 0 aliphatic rings. The van der Waals surface area contributed by atoms with Crippen LogP contribution in [0.3, 0.4) is 0 Å². The Morgan fingerprint density at radius 3 is 2.09 bits per heavy atom. The largest absolute Gasteiger partial charge is 0.497 e. The smallest absolute Gasteiger partial charge is 0.242 e. The number of sulfonamides is 1. The molecule has 2 N–H and O–H groups in total. The van der Waals surface area contributed by atoms with Gasteiger partial charge in [0, 0.05) is 23.9 Å². The van der Waals surface area contributed by atoms with Crippen molar-refractivity contribution in [1.82, 2.24) is 4.72 Å². The van der Waals surface area contributed by atoms with E-state index in [9.17, 15) is 13.2 Å². The van der Waals surface area contributed by atoms with Gasteiger partial charge in [0.2, 0.25) is 15.9 Å². The zero-order valence-electron chi connectivity index (χ0n) is 19.4. The van der Waals surface area contributed by atoms with Crippen LogP contribution in [0.25, 0.3) is 10.8 Å². The molecule has 1 amide bonds. The van der Waals surface area contributed by atoms with E-state index in [0.717, 1.165) is 16.3 Å². The van der Waals surface area contributed by atoms with Crippen LogP contribution in [0.5, 0.6) is 11.5 Å². The maximum absolute atomic E-state index is 13.3. The van der Waals surface area contributed by atoms with Crippen LogP contribution < -0.4 is 19.5 Å². The van der Waals surface area contributed by atoms with Crippen molar-refractivity contribution in [3.8, 4) is 11.5 Å². The summed E-state index contributed by atoms with van der Waals surface area (Å²) in [5, 5.41) is 4.51. The van der Waals surface area contributed by atoms with Gasteiger partial charge in [0.25, 0.3) is 0 Å². The molecule has 1 atom stereocenters. The Bertz CT molecular complexity index is 1420. The molecular formula is C27H26N2O5S. The minimum Gasteiger partial charge on any atom is -0.497 e. The predicted octanol–water partition coefficient (Wildman–Crippen LogP) is 4.39. The first kappa shape index (κ1) is 24.3. The van der Waals surface area contributed by atoms with Crippen molar-refractivity contribution in [2.75, 3.05) is 19.5 Å². The van der Waals surface area contributed by atoms with Crippen LogP contribution in [-0.2, 0) is 21.2 Å². The minimum atomic E-state index is -3.99. The monoisotopic (exact) mass is 490 g/mol. The van der Waals surface area contributed by atoms with Gasteiger partial charge in [-0.1, -0.05) is 60.7 Å². The first-order valence-corrected chi connectivity index (χ1v) is 12.5. The molecule has 0 aliphatic heterocycles. The Labute approximate surface area is 204 Å². The molecule has 0 saturated carbocycles. The molecule has 0 saturated heterocycles. The second-order valence-corrected chi connectivity index (χ2v) is 9.68. The van der Waals surface area contributed by atoms with Gasteiger partial charge in [-0.3, -0.25) is 4.79 Å². The van der Waals surface area contributed by atoms with E-state index < -0.39 is 22.0 Å². The Balaban J connectivity index is 1.63. The lowest BCUT2D eigenvalue weighted by Crippen LogP contribution is -2.45. The number of nitrogens with one attached hydrogen (secondary N) is 2. The van der Waals surface area contributed by atoms with Gasteiger partial charge in [-0.15, -0.1) is 0 Å². The van der Waals surface area contributed by atoms with Crippen molar-refractivity contribution in [2.24, 2.45) is 0 Å². The van der Waals surface area contributed by atoms with Gasteiger partial charge in [0.1, 0.15) is 17.5 Å². The molecule has 0 unspecified atom stereocenters. The summed E-state index contributed by atoms with van der Waals surface area (Å²) < 4.78 is 39.7. The number of amides is 1. The average molecular weight is 491 g/mol. The summed E-state index contributed by atoms with van der Waals surface area (Å²) in [5.41, 5.74) is 1.24. The Morgan fingerprint density at radius 2 is 1.43 bits per heavy atom. The SMILES string of the molecule is COc1cc(NC(=O)[C@H](Cc2ccccc2)NS(=O)(=O)c2ccc3ccccc3c2)cc(OC)c1. The standard InChI is InChI=1S/C27H26N2O5S/c1-33-23-16-22(17-24(18-23)34-2)28-27(30)26(14-19-8-4-3-5-9-19)29-35(31,32)25-13-12-20-10-6-7-11-21(20)15-25/h3-13,15-18,26,29H,14H2,1-2H3,(H,28,30)/t26-/m0/s1. The number of fused-ring (bicyclic) bond motifs is 1. The van der Waals surface area contributed by atoms with Gasteiger partial charge >= 0.3 is 0 Å². The van der Waals surface area contributed by atoms with Crippen molar-refractivity contribution < 1.29 is 22.7 Å². The molecule has 0 aliphatic carbocycles. The third-order valence-electron chi connectivity index (χ3n) is 5.55. The fourth-order valence-electron chi connectivity index (χ4n) is 3.74. The zero-order chi connectivity index (χ0) is 24.8. The molecule has 7 nitrogen and oxygen atoms in total. The van der Waals surface area contributed by atoms with E-state index in [2.05, 4.69) is 10.0 Å². The second kappa shape index (κ2) is 10.6. The van der Waals surface area contributed by atoms with Crippen LogP contribution in [0.2, 0.25) is 0 Å². The molecule has 180 valence electrons. The van der Waals surface area contributed by atoms with Crippen molar-refractivity contribution in [2.45, 2.75) is 17.4 Å². The highest BCUT2D eigenvalue weighted by molar-refractivity contribution is 7.89. The number of carbonyl (C=O) groups is 1. The lowest BCUT2D eigenvalue weighted by Gasteiger charge is -2.19. The molecular weight excluding hydrogens is 464 g/mol. The van der Waals surface area contributed by atoms with Crippen LogP contribution in [-0.4, -0.2) is 34.6 Å². The van der Waals surface area contributed by atoms with Crippen LogP contribution in [0, 0.1) is 0 Å². The van der Waals surface area contributed by atoms with Gasteiger partial charge in [0.15, 0.2) is 0 Å². The zero-order valence-corrected chi connectivity index (χ0v) is 20.2. The Morgan fingerprint density at radius 1 is 0.800 bits per heavy atom. The molecule has 4 aromatic rings. The number of carbonyl (C=O) groups excluding carboxylic acids is 1. The Kier molecular flexibility index (Phi) is 7.33. The summed E-state index contributed by atoms with van der Waals surface area (Å²) >= 11 is 0. The quantitative estimate of drug-likeness (QED) is 0.363. The van der Waals surface area contributed by atoms with E-state index in [1.165, 1.54) is 20.3 Å². The van der Waals surface area contributed by atoms with Gasteiger partial charge in [0.05, 0.1) is 19.1 Å². The van der Waals surface area contributed by atoms with E-state index in [1.807, 2.05) is 54.6 Å². The number of ether oxygens (including phenoxy) is 2. The molecule has 0 radical (unpaired) electrons. The highest BCUT2D eigenvalue weighted by atomic mass is 32.2. The van der Waals surface area contributed by atoms with Crippen molar-refractivity contribution in [1.29, 1.82) is 0 Å². The molecule has 0 fully saturated rings. The van der Waals surface area contributed by atoms with Gasteiger partial charge in [-0.25, -0.2) is 8.42 Å². The number of benzene rings is 4.